The van der Waals surface area contributed by atoms with E-state index in [9.17, 15) is 4.79 Å². The van der Waals surface area contributed by atoms with Crippen LogP contribution >= 0.6 is 0 Å². The number of cyclic esters (lactones) is 1. The number of carbonyl (C=O) groups is 1. The maximum absolute atomic E-state index is 13.6. The number of ether oxygens (including phenoxy) is 5. The van der Waals surface area contributed by atoms with Gasteiger partial charge in [0.15, 0.2) is 5.79 Å². The van der Waals surface area contributed by atoms with E-state index in [0.29, 0.717) is 26.1 Å². The van der Waals surface area contributed by atoms with E-state index >= 15 is 0 Å². The normalized spacial score (nSPS) is 57.2. The predicted molar refractivity (Wildman–Crippen MR) is 96.1 cm³/mol. The third-order valence-corrected chi connectivity index (χ3v) is 9.14. The van der Waals surface area contributed by atoms with Crippen LogP contribution in [0, 0.1) is 22.7 Å². The smallest absolute Gasteiger partial charge is 0.313 e. The van der Waals surface area contributed by atoms with E-state index < -0.39 is 28.2 Å². The molecule has 7 fully saturated rings. The molecule has 2 spiro atoms. The van der Waals surface area contributed by atoms with E-state index in [2.05, 4.69) is 6.92 Å². The number of hydrogen-bond acceptors (Lipinski definition) is 7. The van der Waals surface area contributed by atoms with Crippen molar-refractivity contribution in [2.24, 2.45) is 22.7 Å². The maximum Gasteiger partial charge on any atom is 0.313 e. The highest BCUT2D eigenvalue weighted by atomic mass is 16.9. The zero-order valence-corrected chi connectivity index (χ0v) is 16.8. The highest BCUT2D eigenvalue weighted by Gasteiger charge is 2.88. The Balaban J connectivity index is 1.40. The van der Waals surface area contributed by atoms with E-state index in [-0.39, 0.29) is 23.9 Å². The number of carbonyl (C=O) groups excluding carboxylic acids is 1. The molecule has 2 aliphatic carbocycles. The third kappa shape index (κ3) is 1.65. The quantitative estimate of drug-likeness (QED) is 0.667. The van der Waals surface area contributed by atoms with Gasteiger partial charge in [-0.15, -0.1) is 0 Å². The van der Waals surface area contributed by atoms with Gasteiger partial charge in [0.1, 0.15) is 11.7 Å². The molecule has 7 heteroatoms. The molecule has 2 saturated carbocycles. The van der Waals surface area contributed by atoms with Gasteiger partial charge in [0.05, 0.1) is 36.6 Å². The van der Waals surface area contributed by atoms with Crippen LogP contribution in [0.3, 0.4) is 0 Å². The Morgan fingerprint density at radius 3 is 2.86 bits per heavy atom. The van der Waals surface area contributed by atoms with Crippen LogP contribution in [-0.2, 0) is 28.5 Å². The largest absolute Gasteiger partial charge is 0.472 e. The van der Waals surface area contributed by atoms with Crippen molar-refractivity contribution < 1.29 is 32.9 Å². The van der Waals surface area contributed by atoms with Crippen LogP contribution in [-0.4, -0.2) is 36.5 Å². The fourth-order valence-electron chi connectivity index (χ4n) is 8.08. The highest BCUT2D eigenvalue weighted by Crippen LogP contribution is 2.78. The van der Waals surface area contributed by atoms with E-state index in [1.165, 1.54) is 0 Å². The molecule has 8 atom stereocenters. The first-order chi connectivity index (χ1) is 13.9. The second kappa shape index (κ2) is 4.90. The van der Waals surface area contributed by atoms with Crippen molar-refractivity contribution >= 4 is 5.97 Å². The molecular formula is C22H26O7. The number of hydrogen-bond donors (Lipinski definition) is 0. The van der Waals surface area contributed by atoms with Crippen LogP contribution in [0.2, 0.25) is 0 Å². The number of fused-ring (bicyclic) bond motifs is 2. The van der Waals surface area contributed by atoms with Crippen LogP contribution in [0.15, 0.2) is 23.0 Å². The Labute approximate surface area is 168 Å². The Kier molecular flexibility index (Phi) is 2.92. The molecular weight excluding hydrogens is 376 g/mol. The maximum atomic E-state index is 13.6. The number of rotatable bonds is 1. The van der Waals surface area contributed by atoms with Crippen molar-refractivity contribution in [1.29, 1.82) is 0 Å². The lowest BCUT2D eigenvalue weighted by atomic mass is 9.41. The summed E-state index contributed by atoms with van der Waals surface area (Å²) in [5.74, 6) is -1.81. The minimum atomic E-state index is -1.07. The molecule has 1 aromatic rings. The van der Waals surface area contributed by atoms with Crippen molar-refractivity contribution in [3.05, 3.63) is 24.2 Å². The summed E-state index contributed by atoms with van der Waals surface area (Å²) in [6.45, 7) is 5.03. The molecule has 0 radical (unpaired) electrons. The zero-order valence-electron chi connectivity index (χ0n) is 16.8. The van der Waals surface area contributed by atoms with Crippen molar-refractivity contribution in [1.82, 2.24) is 0 Å². The molecule has 5 saturated heterocycles. The van der Waals surface area contributed by atoms with Gasteiger partial charge in [-0.25, -0.2) is 0 Å². The summed E-state index contributed by atoms with van der Waals surface area (Å²) >= 11 is 0. The molecule has 29 heavy (non-hydrogen) atoms. The minimum Gasteiger partial charge on any atom is -0.472 e. The molecule has 8 rings (SSSR count). The first-order valence-corrected chi connectivity index (χ1v) is 10.8. The fraction of sp³-hybridized carbons (Fsp3) is 0.773. The molecule has 4 bridgehead atoms. The van der Waals surface area contributed by atoms with Crippen molar-refractivity contribution in [2.45, 2.75) is 69.4 Å². The number of furan rings is 1. The lowest BCUT2D eigenvalue weighted by Gasteiger charge is -2.72. The Hall–Kier alpha value is -1.41. The fourth-order valence-corrected chi connectivity index (χ4v) is 8.08. The summed E-state index contributed by atoms with van der Waals surface area (Å²) < 4.78 is 36.8. The highest BCUT2D eigenvalue weighted by molar-refractivity contribution is 5.81. The van der Waals surface area contributed by atoms with Gasteiger partial charge in [0.25, 0.3) is 5.97 Å². The van der Waals surface area contributed by atoms with E-state index in [0.717, 1.165) is 24.8 Å². The van der Waals surface area contributed by atoms with Crippen LogP contribution < -0.4 is 0 Å². The summed E-state index contributed by atoms with van der Waals surface area (Å²) in [6.07, 6.45) is 7.19. The SMILES string of the molecule is C[C@@H]1C[C@@]23OC[C@@]45CCC[C@H]([C@@]16C[C@@H](c1ccoc1)OC6=O)[C@]42COC(C)(O5)O3. The van der Waals surface area contributed by atoms with Crippen LogP contribution in [0.1, 0.15) is 57.6 Å². The minimum absolute atomic E-state index is 0.0317. The molecule has 1 aromatic heterocycles. The summed E-state index contributed by atoms with van der Waals surface area (Å²) in [6, 6.07) is 1.89. The van der Waals surface area contributed by atoms with Gasteiger partial charge in [0, 0.05) is 25.3 Å². The first-order valence-electron chi connectivity index (χ1n) is 10.8. The zero-order chi connectivity index (χ0) is 19.7. The molecule has 1 unspecified atom stereocenters. The molecule has 0 amide bonds. The standard InChI is InChI=1S/C22H26O7/c1-13-8-22-21-12-25-18(2,29-22)28-19(21,11-26-22)6-3-4-16(21)20(13)9-15(27-17(20)23)14-5-7-24-10-14/h5,7,10,13,15-16H,3-4,6,8-9,11-12H2,1-2H3/t13-,15+,16-,18?,19+,20-,21-,22+/m1/s1. The molecule has 7 aliphatic rings. The third-order valence-electron chi connectivity index (χ3n) is 9.14. The van der Waals surface area contributed by atoms with E-state index in [4.69, 9.17) is 28.1 Å². The molecule has 0 N–H and O–H groups in total. The van der Waals surface area contributed by atoms with Gasteiger partial charge >= 0.3 is 5.97 Å². The Morgan fingerprint density at radius 1 is 1.14 bits per heavy atom. The Morgan fingerprint density at radius 2 is 2.03 bits per heavy atom. The monoisotopic (exact) mass is 402 g/mol. The average Bonchev–Trinajstić information content (AvgIpc) is 3.36. The Bertz CT molecular complexity index is 899. The lowest BCUT2D eigenvalue weighted by molar-refractivity contribution is -0.570. The van der Waals surface area contributed by atoms with Crippen LogP contribution in [0.25, 0.3) is 0 Å². The first kappa shape index (κ1) is 17.3. The van der Waals surface area contributed by atoms with Gasteiger partial charge in [0.2, 0.25) is 0 Å². The van der Waals surface area contributed by atoms with Gasteiger partial charge in [-0.2, -0.15) is 0 Å². The summed E-state index contributed by atoms with van der Waals surface area (Å²) in [7, 11) is 0. The van der Waals surface area contributed by atoms with Gasteiger partial charge in [-0.05, 0) is 30.7 Å². The number of esters is 1. The van der Waals surface area contributed by atoms with Gasteiger partial charge in [-0.3, -0.25) is 9.53 Å². The van der Waals surface area contributed by atoms with Gasteiger partial charge < -0.3 is 23.4 Å². The predicted octanol–water partition coefficient (Wildman–Crippen LogP) is 3.30. The second-order valence-electron chi connectivity index (χ2n) is 10.1. The average molecular weight is 402 g/mol. The van der Waals surface area contributed by atoms with Crippen molar-refractivity contribution in [3.63, 3.8) is 0 Å². The lowest BCUT2D eigenvalue weighted by Crippen LogP contribution is -2.82. The summed E-state index contributed by atoms with van der Waals surface area (Å²) in [5, 5.41) is 0. The molecule has 156 valence electrons. The van der Waals surface area contributed by atoms with E-state index in [1.54, 1.807) is 12.5 Å². The molecule has 5 aliphatic heterocycles. The molecule has 7 nitrogen and oxygen atoms in total. The van der Waals surface area contributed by atoms with Crippen molar-refractivity contribution in [3.8, 4) is 0 Å². The van der Waals surface area contributed by atoms with Crippen LogP contribution in [0.5, 0.6) is 0 Å². The molecule has 6 heterocycles. The van der Waals surface area contributed by atoms with Gasteiger partial charge in [-0.1, -0.05) is 13.3 Å². The summed E-state index contributed by atoms with van der Waals surface area (Å²) in [5.41, 5.74) is -0.602. The topological polar surface area (TPSA) is 76.4 Å². The van der Waals surface area contributed by atoms with E-state index in [1.807, 2.05) is 13.0 Å². The van der Waals surface area contributed by atoms with Crippen molar-refractivity contribution in [2.75, 3.05) is 13.2 Å². The second-order valence-corrected chi connectivity index (χ2v) is 10.1. The molecule has 0 aromatic carbocycles. The van der Waals surface area contributed by atoms with Crippen LogP contribution in [0.4, 0.5) is 0 Å². The summed E-state index contributed by atoms with van der Waals surface area (Å²) in [4.78, 5) is 13.6.